The normalized spacial score (nSPS) is 22.1. The quantitative estimate of drug-likeness (QED) is 0.769. The molecule has 9 heteroatoms. The maximum Gasteiger partial charge on any atom is 0.247 e. The van der Waals surface area contributed by atoms with Crippen LogP contribution in [0.1, 0.15) is 12.8 Å². The van der Waals surface area contributed by atoms with Gasteiger partial charge in [-0.1, -0.05) is 6.07 Å². The summed E-state index contributed by atoms with van der Waals surface area (Å²) in [6, 6.07) is 6.02. The van der Waals surface area contributed by atoms with Gasteiger partial charge in [0.1, 0.15) is 5.82 Å². The summed E-state index contributed by atoms with van der Waals surface area (Å²) in [5, 5.41) is 8.50. The summed E-state index contributed by atoms with van der Waals surface area (Å²) in [6.45, 7) is 6.60. The predicted octanol–water partition coefficient (Wildman–Crippen LogP) is 0.936. The van der Waals surface area contributed by atoms with Gasteiger partial charge in [-0.25, -0.2) is 4.98 Å². The molecule has 3 aliphatic heterocycles. The summed E-state index contributed by atoms with van der Waals surface area (Å²) in [7, 11) is 0. The number of rotatable bonds is 3. The molecule has 28 heavy (non-hydrogen) atoms. The highest BCUT2D eigenvalue weighted by Gasteiger charge is 2.40. The molecule has 1 spiro atoms. The van der Waals surface area contributed by atoms with E-state index in [1.807, 2.05) is 18.3 Å². The molecule has 2 aromatic heterocycles. The van der Waals surface area contributed by atoms with Crippen LogP contribution in [0.2, 0.25) is 0 Å². The lowest BCUT2D eigenvalue weighted by Crippen LogP contribution is -2.48. The number of piperazine rings is 1. The number of nitrogens with zero attached hydrogens (tertiary/aromatic N) is 7. The zero-order valence-electron chi connectivity index (χ0n) is 15.9. The SMILES string of the molecule is c1ccc(N2CCN(c3nncc(N4CCC5(CC4)OCCO5)n3)CC2)nc1. The van der Waals surface area contributed by atoms with Gasteiger partial charge in [-0.05, 0) is 12.1 Å². The Morgan fingerprint density at radius 2 is 1.54 bits per heavy atom. The van der Waals surface area contributed by atoms with Crippen molar-refractivity contribution in [1.82, 2.24) is 20.2 Å². The van der Waals surface area contributed by atoms with Crippen LogP contribution in [-0.2, 0) is 9.47 Å². The van der Waals surface area contributed by atoms with Gasteiger partial charge in [0.2, 0.25) is 5.95 Å². The number of aromatic nitrogens is 4. The van der Waals surface area contributed by atoms with E-state index >= 15 is 0 Å². The molecule has 0 N–H and O–H groups in total. The zero-order valence-corrected chi connectivity index (χ0v) is 15.9. The molecule has 0 atom stereocenters. The van der Waals surface area contributed by atoms with Gasteiger partial charge in [0.15, 0.2) is 11.6 Å². The van der Waals surface area contributed by atoms with Crippen molar-refractivity contribution in [1.29, 1.82) is 0 Å². The van der Waals surface area contributed by atoms with Crippen LogP contribution in [0.5, 0.6) is 0 Å². The van der Waals surface area contributed by atoms with Crippen molar-refractivity contribution in [3.63, 3.8) is 0 Å². The van der Waals surface area contributed by atoms with Gasteiger partial charge in [0.05, 0.1) is 19.4 Å². The van der Waals surface area contributed by atoms with Crippen molar-refractivity contribution in [2.45, 2.75) is 18.6 Å². The lowest BCUT2D eigenvalue weighted by atomic mass is 10.0. The maximum absolute atomic E-state index is 5.82. The summed E-state index contributed by atoms with van der Waals surface area (Å²) >= 11 is 0. The molecule has 0 aromatic carbocycles. The van der Waals surface area contributed by atoms with E-state index in [9.17, 15) is 0 Å². The van der Waals surface area contributed by atoms with Gasteiger partial charge < -0.3 is 24.2 Å². The van der Waals surface area contributed by atoms with Gasteiger partial charge >= 0.3 is 0 Å². The Balaban J connectivity index is 1.22. The van der Waals surface area contributed by atoms with Crippen LogP contribution in [0.15, 0.2) is 30.6 Å². The number of piperidine rings is 1. The van der Waals surface area contributed by atoms with E-state index in [2.05, 4.69) is 35.9 Å². The van der Waals surface area contributed by atoms with Gasteiger partial charge in [-0.2, -0.15) is 10.1 Å². The number of hydrogen-bond acceptors (Lipinski definition) is 9. The molecule has 3 fully saturated rings. The van der Waals surface area contributed by atoms with Crippen molar-refractivity contribution in [2.75, 3.05) is 67.2 Å². The number of pyridine rings is 1. The third kappa shape index (κ3) is 3.47. The molecule has 0 saturated carbocycles. The molecule has 0 bridgehead atoms. The molecule has 2 aromatic rings. The lowest BCUT2D eigenvalue weighted by molar-refractivity contribution is -0.169. The first kappa shape index (κ1) is 17.6. The molecule has 0 unspecified atom stereocenters. The van der Waals surface area contributed by atoms with Crippen molar-refractivity contribution in [2.24, 2.45) is 0 Å². The molecule has 0 aliphatic carbocycles. The van der Waals surface area contributed by atoms with Gasteiger partial charge in [-0.3, -0.25) is 0 Å². The molecule has 5 rings (SSSR count). The Kier molecular flexibility index (Phi) is 4.69. The Morgan fingerprint density at radius 1 is 0.821 bits per heavy atom. The first-order valence-electron chi connectivity index (χ1n) is 9.95. The fourth-order valence-electron chi connectivity index (χ4n) is 4.11. The van der Waals surface area contributed by atoms with E-state index in [1.54, 1.807) is 6.20 Å². The first-order chi connectivity index (χ1) is 13.8. The molecule has 0 radical (unpaired) electrons. The molecular weight excluding hydrogens is 358 g/mol. The first-order valence-corrected chi connectivity index (χ1v) is 9.95. The standard InChI is InChI=1S/C19H25N7O2/c1-2-6-20-16(3-1)25-9-11-26(12-10-25)18-22-17(15-21-23-18)24-7-4-19(5-8-24)27-13-14-28-19/h1-3,6,15H,4-5,7-14H2. The van der Waals surface area contributed by atoms with E-state index in [1.165, 1.54) is 0 Å². The molecule has 148 valence electrons. The second-order valence-electron chi connectivity index (χ2n) is 7.37. The molecule has 9 nitrogen and oxygen atoms in total. The second kappa shape index (κ2) is 7.48. The average molecular weight is 383 g/mol. The lowest BCUT2D eigenvalue weighted by Gasteiger charge is -2.38. The largest absolute Gasteiger partial charge is 0.355 e. The highest BCUT2D eigenvalue weighted by molar-refractivity contribution is 5.45. The summed E-state index contributed by atoms with van der Waals surface area (Å²) in [4.78, 5) is 16.0. The Bertz CT molecular complexity index is 782. The third-order valence-corrected chi connectivity index (χ3v) is 5.73. The van der Waals surface area contributed by atoms with E-state index < -0.39 is 0 Å². The summed E-state index contributed by atoms with van der Waals surface area (Å²) in [5.41, 5.74) is 0. The molecule has 5 heterocycles. The average Bonchev–Trinajstić information content (AvgIpc) is 3.23. The minimum Gasteiger partial charge on any atom is -0.355 e. The third-order valence-electron chi connectivity index (χ3n) is 5.73. The zero-order chi connectivity index (χ0) is 18.8. The predicted molar refractivity (Wildman–Crippen MR) is 105 cm³/mol. The van der Waals surface area contributed by atoms with Crippen molar-refractivity contribution >= 4 is 17.6 Å². The summed E-state index contributed by atoms with van der Waals surface area (Å²) < 4.78 is 11.6. The summed E-state index contributed by atoms with van der Waals surface area (Å²) in [6.07, 6.45) is 5.30. The highest BCUT2D eigenvalue weighted by Crippen LogP contribution is 2.32. The molecular formula is C19H25N7O2. The minimum atomic E-state index is -0.373. The monoisotopic (exact) mass is 383 g/mol. The van der Waals surface area contributed by atoms with Crippen LogP contribution >= 0.6 is 0 Å². The van der Waals surface area contributed by atoms with Crippen LogP contribution in [0, 0.1) is 0 Å². The van der Waals surface area contributed by atoms with Crippen LogP contribution in [0.4, 0.5) is 17.6 Å². The van der Waals surface area contributed by atoms with Gasteiger partial charge in [0, 0.05) is 58.3 Å². The van der Waals surface area contributed by atoms with Crippen LogP contribution in [0.25, 0.3) is 0 Å². The van der Waals surface area contributed by atoms with Crippen molar-refractivity contribution in [3.05, 3.63) is 30.6 Å². The van der Waals surface area contributed by atoms with E-state index in [0.29, 0.717) is 19.2 Å². The Morgan fingerprint density at radius 3 is 2.25 bits per heavy atom. The molecule has 3 saturated heterocycles. The minimum absolute atomic E-state index is 0.373. The fourth-order valence-corrected chi connectivity index (χ4v) is 4.11. The fraction of sp³-hybridized carbons (Fsp3) is 0.579. The van der Waals surface area contributed by atoms with E-state index in [4.69, 9.17) is 14.5 Å². The van der Waals surface area contributed by atoms with Gasteiger partial charge in [0.25, 0.3) is 0 Å². The second-order valence-corrected chi connectivity index (χ2v) is 7.37. The molecule has 0 amide bonds. The number of anilines is 3. The summed E-state index contributed by atoms with van der Waals surface area (Å²) in [5.74, 6) is 2.23. The number of hydrogen-bond donors (Lipinski definition) is 0. The van der Waals surface area contributed by atoms with E-state index in [-0.39, 0.29) is 5.79 Å². The Labute approximate surface area is 164 Å². The van der Waals surface area contributed by atoms with Crippen LogP contribution in [0.3, 0.4) is 0 Å². The van der Waals surface area contributed by atoms with Crippen molar-refractivity contribution < 1.29 is 9.47 Å². The molecule has 3 aliphatic rings. The Hall–Kier alpha value is -2.52. The topological polar surface area (TPSA) is 79.7 Å². The van der Waals surface area contributed by atoms with Gasteiger partial charge in [-0.15, -0.1) is 5.10 Å². The van der Waals surface area contributed by atoms with Crippen molar-refractivity contribution in [3.8, 4) is 0 Å². The smallest absolute Gasteiger partial charge is 0.247 e. The van der Waals surface area contributed by atoms with Crippen LogP contribution < -0.4 is 14.7 Å². The van der Waals surface area contributed by atoms with Crippen LogP contribution in [-0.4, -0.2) is 78.4 Å². The number of ether oxygens (including phenoxy) is 2. The van der Waals surface area contributed by atoms with E-state index in [0.717, 1.165) is 63.7 Å². The highest BCUT2D eigenvalue weighted by atomic mass is 16.7. The maximum atomic E-state index is 5.82.